The number of para-hydroxylation sites is 1. The van der Waals surface area contributed by atoms with E-state index < -0.39 is 12.1 Å². The number of nitrogens with zero attached hydrogens (tertiary/aromatic N) is 1. The van der Waals surface area contributed by atoms with E-state index in [-0.39, 0.29) is 12.2 Å². The Labute approximate surface area is 185 Å². The van der Waals surface area contributed by atoms with Crippen molar-refractivity contribution in [2.75, 3.05) is 0 Å². The van der Waals surface area contributed by atoms with Crippen LogP contribution in [0.5, 0.6) is 5.75 Å². The van der Waals surface area contributed by atoms with E-state index in [0.717, 1.165) is 33.5 Å². The molecule has 0 aliphatic carbocycles. The molecular weight excluding hydrogens is 408 g/mol. The molecule has 0 spiro atoms. The van der Waals surface area contributed by atoms with E-state index in [4.69, 9.17) is 14.0 Å². The number of hydrogen-bond donors (Lipinski definition) is 1. The standard InChI is InChI=1S/C25H24N2O5/c1-15-22(16(2)32-27-15)14-30-19-10-8-18(9-11-19)12-24(28)31-17(3)25(29)21-13-26-23-7-5-4-6-20(21)23/h4-11,13,17,26H,12,14H2,1-3H3. The number of ketones is 1. The summed E-state index contributed by atoms with van der Waals surface area (Å²) >= 11 is 0. The Bertz CT molecular complexity index is 1230. The molecule has 2 heterocycles. The number of ether oxygens (including phenoxy) is 2. The summed E-state index contributed by atoms with van der Waals surface area (Å²) in [6.45, 7) is 5.66. The van der Waals surface area contributed by atoms with E-state index in [0.29, 0.717) is 17.9 Å². The van der Waals surface area contributed by atoms with Gasteiger partial charge in [-0.05, 0) is 44.5 Å². The Hall–Kier alpha value is -3.87. The molecule has 0 fully saturated rings. The summed E-state index contributed by atoms with van der Waals surface area (Å²) < 4.78 is 16.3. The molecule has 0 bridgehead atoms. The Kier molecular flexibility index (Phi) is 6.07. The predicted octanol–water partition coefficient (Wildman–Crippen LogP) is 4.71. The number of carbonyl (C=O) groups excluding carboxylic acids is 2. The molecule has 4 rings (SSSR count). The van der Waals surface area contributed by atoms with Crippen molar-refractivity contribution in [1.29, 1.82) is 0 Å². The molecule has 1 unspecified atom stereocenters. The highest BCUT2D eigenvalue weighted by molar-refractivity contribution is 6.10. The number of nitrogens with one attached hydrogen (secondary N) is 1. The average Bonchev–Trinajstić information content (AvgIpc) is 3.35. The van der Waals surface area contributed by atoms with E-state index in [1.165, 1.54) is 0 Å². The van der Waals surface area contributed by atoms with Crippen molar-refractivity contribution in [3.63, 3.8) is 0 Å². The second-order valence-corrected chi connectivity index (χ2v) is 7.66. The predicted molar refractivity (Wildman–Crippen MR) is 119 cm³/mol. The van der Waals surface area contributed by atoms with Gasteiger partial charge in [0, 0.05) is 22.7 Å². The Morgan fingerprint density at radius 2 is 1.84 bits per heavy atom. The van der Waals surface area contributed by atoms with Gasteiger partial charge in [0.15, 0.2) is 6.10 Å². The minimum atomic E-state index is -0.876. The first-order valence-corrected chi connectivity index (χ1v) is 10.4. The largest absolute Gasteiger partial charge is 0.489 e. The smallest absolute Gasteiger partial charge is 0.310 e. The lowest BCUT2D eigenvalue weighted by molar-refractivity contribution is -0.145. The third-order valence-corrected chi connectivity index (χ3v) is 5.37. The fourth-order valence-corrected chi connectivity index (χ4v) is 3.52. The molecule has 4 aromatic rings. The second-order valence-electron chi connectivity index (χ2n) is 7.66. The first-order valence-electron chi connectivity index (χ1n) is 10.4. The first-order chi connectivity index (χ1) is 15.4. The number of aromatic nitrogens is 2. The lowest BCUT2D eigenvalue weighted by Gasteiger charge is -2.12. The number of hydrogen-bond acceptors (Lipinski definition) is 6. The highest BCUT2D eigenvalue weighted by Gasteiger charge is 2.22. The quantitative estimate of drug-likeness (QED) is 0.320. The third kappa shape index (κ3) is 4.56. The zero-order valence-electron chi connectivity index (χ0n) is 18.2. The fraction of sp³-hybridized carbons (Fsp3) is 0.240. The van der Waals surface area contributed by atoms with Gasteiger partial charge in [-0.15, -0.1) is 0 Å². The number of aromatic amines is 1. The molecule has 2 aromatic heterocycles. The summed E-state index contributed by atoms with van der Waals surface area (Å²) in [5.41, 5.74) is 3.88. The normalized spacial score (nSPS) is 12.0. The van der Waals surface area contributed by atoms with E-state index >= 15 is 0 Å². The molecule has 0 saturated heterocycles. The average molecular weight is 432 g/mol. The number of esters is 1. The summed E-state index contributed by atoms with van der Waals surface area (Å²) in [7, 11) is 0. The maximum Gasteiger partial charge on any atom is 0.310 e. The number of aryl methyl sites for hydroxylation is 2. The molecular formula is C25H24N2O5. The summed E-state index contributed by atoms with van der Waals surface area (Å²) in [6.07, 6.45) is 0.841. The molecule has 32 heavy (non-hydrogen) atoms. The fourth-order valence-electron chi connectivity index (χ4n) is 3.52. The highest BCUT2D eigenvalue weighted by atomic mass is 16.5. The molecule has 0 radical (unpaired) electrons. The number of H-pyrrole nitrogens is 1. The number of Topliss-reactive ketones (excluding diaryl/α,β-unsaturated/α-hetero) is 1. The number of benzene rings is 2. The summed E-state index contributed by atoms with van der Waals surface area (Å²) in [5.74, 6) is 0.706. The van der Waals surface area contributed by atoms with Gasteiger partial charge in [0.25, 0.3) is 0 Å². The van der Waals surface area contributed by atoms with Gasteiger partial charge < -0.3 is 19.0 Å². The van der Waals surface area contributed by atoms with Crippen molar-refractivity contribution >= 4 is 22.7 Å². The lowest BCUT2D eigenvalue weighted by Crippen LogP contribution is -2.25. The molecule has 7 nitrogen and oxygen atoms in total. The zero-order valence-corrected chi connectivity index (χ0v) is 18.2. The summed E-state index contributed by atoms with van der Waals surface area (Å²) in [4.78, 5) is 28.2. The summed E-state index contributed by atoms with van der Waals surface area (Å²) in [5, 5.41) is 4.72. The van der Waals surface area contributed by atoms with Crippen LogP contribution in [-0.4, -0.2) is 28.0 Å². The Morgan fingerprint density at radius 3 is 2.56 bits per heavy atom. The van der Waals surface area contributed by atoms with Crippen molar-refractivity contribution in [2.45, 2.75) is 39.9 Å². The van der Waals surface area contributed by atoms with Crippen molar-refractivity contribution < 1.29 is 23.6 Å². The van der Waals surface area contributed by atoms with Gasteiger partial charge >= 0.3 is 5.97 Å². The molecule has 7 heteroatoms. The lowest BCUT2D eigenvalue weighted by atomic mass is 10.1. The van der Waals surface area contributed by atoms with Crippen LogP contribution in [0.3, 0.4) is 0 Å². The molecule has 1 atom stereocenters. The van der Waals surface area contributed by atoms with Crippen molar-refractivity contribution in [3.05, 3.63) is 82.9 Å². The Balaban J connectivity index is 1.32. The zero-order chi connectivity index (χ0) is 22.7. The van der Waals surface area contributed by atoms with Crippen molar-refractivity contribution in [3.8, 4) is 5.75 Å². The minimum absolute atomic E-state index is 0.0651. The van der Waals surface area contributed by atoms with E-state index in [2.05, 4.69) is 10.1 Å². The van der Waals surface area contributed by atoms with Crippen LogP contribution in [-0.2, 0) is 22.6 Å². The van der Waals surface area contributed by atoms with Gasteiger partial charge in [0.1, 0.15) is 18.1 Å². The molecule has 0 saturated carbocycles. The van der Waals surface area contributed by atoms with Gasteiger partial charge in [-0.2, -0.15) is 0 Å². The van der Waals surface area contributed by atoms with E-state index in [9.17, 15) is 9.59 Å². The topological polar surface area (TPSA) is 94.4 Å². The van der Waals surface area contributed by atoms with Gasteiger partial charge in [-0.1, -0.05) is 35.5 Å². The maximum atomic E-state index is 12.7. The molecule has 0 amide bonds. The van der Waals surface area contributed by atoms with Crippen LogP contribution in [0.1, 0.15) is 39.9 Å². The molecule has 0 aliphatic rings. The van der Waals surface area contributed by atoms with Crippen LogP contribution >= 0.6 is 0 Å². The van der Waals surface area contributed by atoms with Crippen molar-refractivity contribution in [2.24, 2.45) is 0 Å². The molecule has 164 valence electrons. The number of carbonyl (C=O) groups is 2. The van der Waals surface area contributed by atoms with Crippen LogP contribution in [0.25, 0.3) is 10.9 Å². The monoisotopic (exact) mass is 432 g/mol. The Morgan fingerprint density at radius 1 is 1.09 bits per heavy atom. The second kappa shape index (κ2) is 9.09. The van der Waals surface area contributed by atoms with Gasteiger partial charge in [-0.25, -0.2) is 0 Å². The third-order valence-electron chi connectivity index (χ3n) is 5.37. The maximum absolute atomic E-state index is 12.7. The number of rotatable bonds is 8. The van der Waals surface area contributed by atoms with Crippen LogP contribution in [0.15, 0.2) is 59.3 Å². The highest BCUT2D eigenvalue weighted by Crippen LogP contribution is 2.21. The van der Waals surface area contributed by atoms with E-state index in [1.54, 1.807) is 37.4 Å². The van der Waals surface area contributed by atoms with Crippen LogP contribution in [0.2, 0.25) is 0 Å². The van der Waals surface area contributed by atoms with Crippen LogP contribution < -0.4 is 4.74 Å². The summed E-state index contributed by atoms with van der Waals surface area (Å²) in [6, 6.07) is 14.7. The van der Waals surface area contributed by atoms with Crippen molar-refractivity contribution in [1.82, 2.24) is 10.1 Å². The van der Waals surface area contributed by atoms with Crippen LogP contribution in [0.4, 0.5) is 0 Å². The van der Waals surface area contributed by atoms with E-state index in [1.807, 2.05) is 38.1 Å². The first kappa shape index (κ1) is 21.4. The molecule has 2 aromatic carbocycles. The minimum Gasteiger partial charge on any atom is -0.489 e. The van der Waals surface area contributed by atoms with Gasteiger partial charge in [0.05, 0.1) is 17.7 Å². The molecule has 0 aliphatic heterocycles. The van der Waals surface area contributed by atoms with Crippen LogP contribution in [0, 0.1) is 13.8 Å². The number of fused-ring (bicyclic) bond motifs is 1. The van der Waals surface area contributed by atoms with Gasteiger partial charge in [-0.3, -0.25) is 9.59 Å². The molecule has 1 N–H and O–H groups in total. The van der Waals surface area contributed by atoms with Gasteiger partial charge in [0.2, 0.25) is 5.78 Å². The SMILES string of the molecule is Cc1noc(C)c1COc1ccc(CC(=O)OC(C)C(=O)c2c[nH]c3ccccc23)cc1.